The Balaban J connectivity index is 2.39. The number of hydrogen-bond donors (Lipinski definition) is 1. The highest BCUT2D eigenvalue weighted by Crippen LogP contribution is 2.26. The summed E-state index contributed by atoms with van der Waals surface area (Å²) in [6.07, 6.45) is 1.17. The van der Waals surface area contributed by atoms with Gasteiger partial charge in [-0.05, 0) is 24.1 Å². The third kappa shape index (κ3) is 1.13. The average molecular weight is 162 g/mol. The van der Waals surface area contributed by atoms with Crippen molar-refractivity contribution in [2.75, 3.05) is 30.9 Å². The van der Waals surface area contributed by atoms with Gasteiger partial charge in [0.05, 0.1) is 0 Å². The highest BCUT2D eigenvalue weighted by atomic mass is 15.1. The minimum Gasteiger partial charge on any atom is -0.384 e. The maximum Gasteiger partial charge on any atom is 0.0394 e. The van der Waals surface area contributed by atoms with E-state index in [0.717, 1.165) is 6.54 Å². The van der Waals surface area contributed by atoms with E-state index in [-0.39, 0.29) is 0 Å². The number of nitrogens with one attached hydrogen (secondary N) is 1. The molecule has 2 heteroatoms. The molecule has 0 saturated carbocycles. The Hall–Kier alpha value is -1.18. The van der Waals surface area contributed by atoms with Gasteiger partial charge < -0.3 is 10.2 Å². The van der Waals surface area contributed by atoms with Crippen molar-refractivity contribution in [3.8, 4) is 0 Å². The van der Waals surface area contributed by atoms with Gasteiger partial charge >= 0.3 is 0 Å². The second kappa shape index (κ2) is 2.70. The molecule has 0 saturated heterocycles. The van der Waals surface area contributed by atoms with E-state index in [9.17, 15) is 0 Å². The minimum absolute atomic E-state index is 1.09. The van der Waals surface area contributed by atoms with Gasteiger partial charge in [-0.1, -0.05) is 6.07 Å². The van der Waals surface area contributed by atoms with E-state index in [1.807, 2.05) is 0 Å². The summed E-state index contributed by atoms with van der Waals surface area (Å²) >= 11 is 0. The van der Waals surface area contributed by atoms with Gasteiger partial charge in [-0.3, -0.25) is 0 Å². The summed E-state index contributed by atoms with van der Waals surface area (Å²) in [6.45, 7) is 1.09. The number of anilines is 2. The molecule has 1 aromatic rings. The van der Waals surface area contributed by atoms with E-state index in [0.29, 0.717) is 0 Å². The maximum absolute atomic E-state index is 3.37. The van der Waals surface area contributed by atoms with Crippen LogP contribution in [-0.4, -0.2) is 20.6 Å². The van der Waals surface area contributed by atoms with Gasteiger partial charge in [-0.25, -0.2) is 0 Å². The predicted molar refractivity (Wildman–Crippen MR) is 53.0 cm³/mol. The van der Waals surface area contributed by atoms with Gasteiger partial charge in [0.25, 0.3) is 0 Å². The van der Waals surface area contributed by atoms with E-state index in [4.69, 9.17) is 0 Å². The fourth-order valence-corrected chi connectivity index (χ4v) is 1.56. The largest absolute Gasteiger partial charge is 0.384 e. The average Bonchev–Trinajstić information content (AvgIpc) is 2.49. The molecule has 0 unspecified atom stereocenters. The van der Waals surface area contributed by atoms with Gasteiger partial charge in [-0.2, -0.15) is 0 Å². The Kier molecular flexibility index (Phi) is 1.68. The van der Waals surface area contributed by atoms with Crippen LogP contribution in [0, 0.1) is 0 Å². The zero-order valence-corrected chi connectivity index (χ0v) is 7.59. The van der Waals surface area contributed by atoms with Crippen LogP contribution in [0.25, 0.3) is 0 Å². The molecule has 1 N–H and O–H groups in total. The van der Waals surface area contributed by atoms with E-state index >= 15 is 0 Å². The quantitative estimate of drug-likeness (QED) is 0.676. The summed E-state index contributed by atoms with van der Waals surface area (Å²) in [7, 11) is 4.13. The molecule has 2 nitrogen and oxygen atoms in total. The summed E-state index contributed by atoms with van der Waals surface area (Å²) < 4.78 is 0. The van der Waals surface area contributed by atoms with Crippen molar-refractivity contribution in [1.82, 2.24) is 0 Å². The summed E-state index contributed by atoms with van der Waals surface area (Å²) in [5.74, 6) is 0. The minimum atomic E-state index is 1.09. The van der Waals surface area contributed by atoms with Crippen molar-refractivity contribution in [2.45, 2.75) is 6.42 Å². The fraction of sp³-hybridized carbons (Fsp3) is 0.400. The summed E-state index contributed by atoms with van der Waals surface area (Å²) in [6, 6.07) is 6.60. The molecule has 1 heterocycles. The molecule has 2 rings (SSSR count). The van der Waals surface area contributed by atoms with E-state index in [2.05, 4.69) is 42.5 Å². The van der Waals surface area contributed by atoms with Crippen molar-refractivity contribution in [3.63, 3.8) is 0 Å². The van der Waals surface area contributed by atoms with Crippen LogP contribution < -0.4 is 10.2 Å². The molecule has 0 amide bonds. The van der Waals surface area contributed by atoms with E-state index < -0.39 is 0 Å². The molecule has 1 aliphatic rings. The molecular weight excluding hydrogens is 148 g/mol. The predicted octanol–water partition coefficient (Wildman–Crippen LogP) is 1.72. The van der Waals surface area contributed by atoms with Gasteiger partial charge in [0, 0.05) is 32.0 Å². The summed E-state index contributed by atoms with van der Waals surface area (Å²) in [5.41, 5.74) is 4.02. The molecule has 0 spiro atoms. The van der Waals surface area contributed by atoms with Crippen LogP contribution in [0.1, 0.15) is 5.56 Å². The maximum atomic E-state index is 3.37. The standard InChI is InChI=1S/C10H14N2/c1-12(2)9-4-3-8-5-6-11-10(8)7-9/h3-4,7,11H,5-6H2,1-2H3. The molecule has 0 aliphatic carbocycles. The molecular formula is C10H14N2. The van der Waals surface area contributed by atoms with Crippen molar-refractivity contribution < 1.29 is 0 Å². The SMILES string of the molecule is CN(C)c1ccc2c(c1)NCC2. The first-order valence-electron chi connectivity index (χ1n) is 4.31. The third-order valence-corrected chi connectivity index (χ3v) is 2.32. The molecule has 0 atom stereocenters. The van der Waals surface area contributed by atoms with Gasteiger partial charge in [0.15, 0.2) is 0 Å². The Bertz CT molecular complexity index is 292. The molecule has 0 fully saturated rings. The van der Waals surface area contributed by atoms with Gasteiger partial charge in [0.1, 0.15) is 0 Å². The second-order valence-corrected chi connectivity index (χ2v) is 3.41. The first kappa shape index (κ1) is 7.47. The highest BCUT2D eigenvalue weighted by molar-refractivity contribution is 5.64. The number of hydrogen-bond acceptors (Lipinski definition) is 2. The van der Waals surface area contributed by atoms with Gasteiger partial charge in [0.2, 0.25) is 0 Å². The third-order valence-electron chi connectivity index (χ3n) is 2.32. The Morgan fingerprint density at radius 1 is 1.33 bits per heavy atom. The smallest absolute Gasteiger partial charge is 0.0394 e. The lowest BCUT2D eigenvalue weighted by molar-refractivity contribution is 1.10. The summed E-state index contributed by atoms with van der Waals surface area (Å²) in [5, 5.41) is 3.37. The van der Waals surface area contributed by atoms with Crippen LogP contribution >= 0.6 is 0 Å². The zero-order valence-electron chi connectivity index (χ0n) is 7.59. The number of rotatable bonds is 1. The second-order valence-electron chi connectivity index (χ2n) is 3.41. The number of fused-ring (bicyclic) bond motifs is 1. The molecule has 0 radical (unpaired) electrons. The number of nitrogens with zero attached hydrogens (tertiary/aromatic N) is 1. The van der Waals surface area contributed by atoms with Crippen LogP contribution in [0.4, 0.5) is 11.4 Å². The molecule has 0 aromatic heterocycles. The normalized spacial score (nSPS) is 13.8. The zero-order chi connectivity index (χ0) is 8.55. The van der Waals surface area contributed by atoms with Crippen LogP contribution in [0.2, 0.25) is 0 Å². The first-order valence-corrected chi connectivity index (χ1v) is 4.31. The highest BCUT2D eigenvalue weighted by Gasteiger charge is 2.09. The fourth-order valence-electron chi connectivity index (χ4n) is 1.56. The molecule has 1 aliphatic heterocycles. The Morgan fingerprint density at radius 2 is 2.17 bits per heavy atom. The van der Waals surface area contributed by atoms with Crippen LogP contribution in [-0.2, 0) is 6.42 Å². The lowest BCUT2D eigenvalue weighted by atomic mass is 10.1. The van der Waals surface area contributed by atoms with Crippen LogP contribution in [0.15, 0.2) is 18.2 Å². The Morgan fingerprint density at radius 3 is 2.92 bits per heavy atom. The van der Waals surface area contributed by atoms with Crippen LogP contribution in [0.5, 0.6) is 0 Å². The first-order chi connectivity index (χ1) is 5.77. The molecule has 12 heavy (non-hydrogen) atoms. The van der Waals surface area contributed by atoms with E-state index in [1.165, 1.54) is 23.4 Å². The lowest BCUT2D eigenvalue weighted by Gasteiger charge is -2.13. The van der Waals surface area contributed by atoms with Crippen molar-refractivity contribution >= 4 is 11.4 Å². The van der Waals surface area contributed by atoms with E-state index in [1.54, 1.807) is 0 Å². The van der Waals surface area contributed by atoms with Gasteiger partial charge in [-0.15, -0.1) is 0 Å². The topological polar surface area (TPSA) is 15.3 Å². The molecule has 0 bridgehead atoms. The molecule has 64 valence electrons. The van der Waals surface area contributed by atoms with Crippen molar-refractivity contribution in [1.29, 1.82) is 0 Å². The lowest BCUT2D eigenvalue weighted by Crippen LogP contribution is -2.08. The number of benzene rings is 1. The monoisotopic (exact) mass is 162 g/mol. The molecule has 1 aromatic carbocycles. The van der Waals surface area contributed by atoms with Crippen molar-refractivity contribution in [3.05, 3.63) is 23.8 Å². The van der Waals surface area contributed by atoms with Crippen LogP contribution in [0.3, 0.4) is 0 Å². The summed E-state index contributed by atoms with van der Waals surface area (Å²) in [4.78, 5) is 2.13. The van der Waals surface area contributed by atoms with Crippen molar-refractivity contribution in [2.24, 2.45) is 0 Å². The Labute approximate surface area is 73.2 Å².